The Balaban J connectivity index is 2.09. The molecule has 120 valence electrons. The van der Waals surface area contributed by atoms with E-state index in [2.05, 4.69) is 15.5 Å². The van der Waals surface area contributed by atoms with Gasteiger partial charge in [-0.15, -0.1) is 0 Å². The summed E-state index contributed by atoms with van der Waals surface area (Å²) in [6, 6.07) is 17.7. The van der Waals surface area contributed by atoms with Crippen LogP contribution < -0.4 is 9.44 Å². The van der Waals surface area contributed by atoms with E-state index >= 15 is 0 Å². The molecule has 0 unspecified atom stereocenters. The molecule has 0 fully saturated rings. The van der Waals surface area contributed by atoms with Gasteiger partial charge in [-0.2, -0.15) is 13.1 Å². The smallest absolute Gasteiger partial charge is 0.270 e. The number of benzene rings is 3. The summed E-state index contributed by atoms with van der Waals surface area (Å²) in [6.45, 7) is 5.43. The molecule has 0 aliphatic rings. The van der Waals surface area contributed by atoms with Gasteiger partial charge in [0.15, 0.2) is 0 Å². The van der Waals surface area contributed by atoms with Crippen LogP contribution in [0.1, 0.15) is 20.8 Å². The van der Waals surface area contributed by atoms with Gasteiger partial charge in [0.1, 0.15) is 0 Å². The SMILES string of the molecule is CC(C)(C)NS(=O)(=O)Nc1cccc2cc3ccccc3cc12. The van der Waals surface area contributed by atoms with Crippen LogP contribution in [0.5, 0.6) is 0 Å². The van der Waals surface area contributed by atoms with Crippen molar-refractivity contribution in [1.29, 1.82) is 0 Å². The molecule has 5 heteroatoms. The summed E-state index contributed by atoms with van der Waals surface area (Å²) in [5, 5.41) is 4.09. The van der Waals surface area contributed by atoms with Gasteiger partial charge in [0, 0.05) is 10.9 Å². The van der Waals surface area contributed by atoms with Gasteiger partial charge in [0.05, 0.1) is 5.69 Å². The lowest BCUT2D eigenvalue weighted by atomic mass is 10.0. The minimum atomic E-state index is -3.64. The molecule has 0 saturated heterocycles. The molecule has 0 radical (unpaired) electrons. The Morgan fingerprint density at radius 2 is 1.43 bits per heavy atom. The number of anilines is 1. The van der Waals surface area contributed by atoms with Crippen LogP contribution in [-0.2, 0) is 10.2 Å². The summed E-state index contributed by atoms with van der Waals surface area (Å²) in [5.41, 5.74) is 0.0355. The monoisotopic (exact) mass is 328 g/mol. The Morgan fingerprint density at radius 3 is 2.09 bits per heavy atom. The first-order valence-corrected chi connectivity index (χ1v) is 8.95. The van der Waals surface area contributed by atoms with Gasteiger partial charge in [-0.05, 0) is 55.1 Å². The Morgan fingerprint density at radius 1 is 0.826 bits per heavy atom. The van der Waals surface area contributed by atoms with Crippen molar-refractivity contribution in [1.82, 2.24) is 4.72 Å². The number of rotatable bonds is 3. The lowest BCUT2D eigenvalue weighted by molar-refractivity contribution is 0.494. The molecule has 4 nitrogen and oxygen atoms in total. The van der Waals surface area contributed by atoms with Crippen molar-refractivity contribution < 1.29 is 8.42 Å². The first-order chi connectivity index (χ1) is 10.7. The average molecular weight is 328 g/mol. The Bertz CT molecular complexity index is 973. The third-order valence-corrected chi connectivity index (χ3v) is 4.80. The van der Waals surface area contributed by atoms with E-state index in [0.29, 0.717) is 5.69 Å². The zero-order valence-corrected chi connectivity index (χ0v) is 14.2. The fraction of sp³-hybridized carbons (Fsp3) is 0.222. The summed E-state index contributed by atoms with van der Waals surface area (Å²) in [6.07, 6.45) is 0. The van der Waals surface area contributed by atoms with E-state index in [4.69, 9.17) is 0 Å². The van der Waals surface area contributed by atoms with Crippen molar-refractivity contribution in [2.45, 2.75) is 26.3 Å². The molecule has 2 N–H and O–H groups in total. The molecule has 0 saturated carbocycles. The van der Waals surface area contributed by atoms with Crippen LogP contribution in [0.2, 0.25) is 0 Å². The van der Waals surface area contributed by atoms with E-state index in [-0.39, 0.29) is 0 Å². The lowest BCUT2D eigenvalue weighted by Crippen LogP contribution is -2.43. The summed E-state index contributed by atoms with van der Waals surface area (Å²) < 4.78 is 29.9. The van der Waals surface area contributed by atoms with Crippen LogP contribution in [0, 0.1) is 0 Å². The molecule has 0 spiro atoms. The van der Waals surface area contributed by atoms with Crippen molar-refractivity contribution in [2.24, 2.45) is 0 Å². The fourth-order valence-corrected chi connectivity index (χ4v) is 3.95. The van der Waals surface area contributed by atoms with Gasteiger partial charge in [0.2, 0.25) is 0 Å². The van der Waals surface area contributed by atoms with Gasteiger partial charge in [-0.1, -0.05) is 36.4 Å². The van der Waals surface area contributed by atoms with Crippen LogP contribution >= 0.6 is 0 Å². The molecule has 0 bridgehead atoms. The van der Waals surface area contributed by atoms with Gasteiger partial charge >= 0.3 is 0 Å². The first kappa shape index (κ1) is 15.8. The highest BCUT2D eigenvalue weighted by molar-refractivity contribution is 7.90. The average Bonchev–Trinajstić information content (AvgIpc) is 2.42. The molecule has 3 rings (SSSR count). The Kier molecular flexibility index (Phi) is 3.78. The number of hydrogen-bond donors (Lipinski definition) is 2. The minimum absolute atomic E-state index is 0.539. The van der Waals surface area contributed by atoms with E-state index in [1.54, 1.807) is 6.07 Å². The van der Waals surface area contributed by atoms with Crippen LogP contribution in [0.15, 0.2) is 54.6 Å². The molecule has 0 aliphatic carbocycles. The molecule has 3 aromatic rings. The van der Waals surface area contributed by atoms with Crippen LogP contribution in [0.25, 0.3) is 21.5 Å². The summed E-state index contributed by atoms with van der Waals surface area (Å²) in [4.78, 5) is 0. The van der Waals surface area contributed by atoms with E-state index in [0.717, 1.165) is 21.5 Å². The van der Waals surface area contributed by atoms with Crippen LogP contribution in [0.4, 0.5) is 5.69 Å². The summed E-state index contributed by atoms with van der Waals surface area (Å²) in [5.74, 6) is 0. The highest BCUT2D eigenvalue weighted by Crippen LogP contribution is 2.29. The first-order valence-electron chi connectivity index (χ1n) is 7.47. The van der Waals surface area contributed by atoms with Crippen LogP contribution in [0.3, 0.4) is 0 Å². The molecule has 23 heavy (non-hydrogen) atoms. The van der Waals surface area contributed by atoms with E-state index in [1.165, 1.54) is 0 Å². The van der Waals surface area contributed by atoms with E-state index < -0.39 is 15.7 Å². The van der Waals surface area contributed by atoms with E-state index in [9.17, 15) is 8.42 Å². The second-order valence-electron chi connectivity index (χ2n) is 6.68. The van der Waals surface area contributed by atoms with E-state index in [1.807, 2.05) is 63.2 Å². The number of fused-ring (bicyclic) bond motifs is 2. The predicted molar refractivity (Wildman–Crippen MR) is 96.9 cm³/mol. The van der Waals surface area contributed by atoms with Gasteiger partial charge in [-0.3, -0.25) is 4.72 Å². The molecular weight excluding hydrogens is 308 g/mol. The number of hydrogen-bond acceptors (Lipinski definition) is 2. The molecule has 0 heterocycles. The normalized spacial score (nSPS) is 12.7. The quantitative estimate of drug-likeness (QED) is 0.713. The van der Waals surface area contributed by atoms with Gasteiger partial charge < -0.3 is 0 Å². The maximum Gasteiger partial charge on any atom is 0.299 e. The fourth-order valence-electron chi connectivity index (χ4n) is 2.63. The molecule has 0 amide bonds. The zero-order valence-electron chi connectivity index (χ0n) is 13.4. The molecule has 3 aromatic carbocycles. The molecule has 0 aliphatic heterocycles. The second-order valence-corrected chi connectivity index (χ2v) is 8.10. The highest BCUT2D eigenvalue weighted by atomic mass is 32.2. The summed E-state index contributed by atoms with van der Waals surface area (Å²) >= 11 is 0. The molecular formula is C18H20N2O2S. The van der Waals surface area contributed by atoms with Crippen molar-refractivity contribution in [3.05, 3.63) is 54.6 Å². The lowest BCUT2D eigenvalue weighted by Gasteiger charge is -2.21. The third-order valence-electron chi connectivity index (χ3n) is 3.43. The van der Waals surface area contributed by atoms with Crippen LogP contribution in [-0.4, -0.2) is 14.0 Å². The Hall–Kier alpha value is -2.11. The minimum Gasteiger partial charge on any atom is -0.270 e. The summed E-state index contributed by atoms with van der Waals surface area (Å²) in [7, 11) is -3.64. The maximum atomic E-state index is 12.3. The molecule has 0 aromatic heterocycles. The van der Waals surface area contributed by atoms with Crippen molar-refractivity contribution in [3.8, 4) is 0 Å². The van der Waals surface area contributed by atoms with Gasteiger partial charge in [0.25, 0.3) is 10.2 Å². The van der Waals surface area contributed by atoms with Crippen molar-refractivity contribution in [3.63, 3.8) is 0 Å². The zero-order chi connectivity index (χ0) is 16.7. The Labute approximate surface area is 136 Å². The molecule has 0 atom stereocenters. The number of nitrogens with one attached hydrogen (secondary N) is 2. The predicted octanol–water partition coefficient (Wildman–Crippen LogP) is 4.04. The third kappa shape index (κ3) is 3.63. The highest BCUT2D eigenvalue weighted by Gasteiger charge is 2.20. The largest absolute Gasteiger partial charge is 0.299 e. The van der Waals surface area contributed by atoms with Gasteiger partial charge in [-0.25, -0.2) is 0 Å². The topological polar surface area (TPSA) is 58.2 Å². The second kappa shape index (κ2) is 5.51. The van der Waals surface area contributed by atoms with Crippen molar-refractivity contribution in [2.75, 3.05) is 4.72 Å². The van der Waals surface area contributed by atoms with Crippen molar-refractivity contribution >= 4 is 37.4 Å². The maximum absolute atomic E-state index is 12.3. The standard InChI is InChI=1S/C18H20N2O2S/c1-18(2,3)20-23(21,22)19-17-10-6-9-15-11-13-7-4-5-8-14(13)12-16(15)17/h4-12,19-20H,1-3H3.